The van der Waals surface area contributed by atoms with Crippen molar-refractivity contribution in [3.63, 3.8) is 0 Å². The summed E-state index contributed by atoms with van der Waals surface area (Å²) in [7, 11) is 0. The van der Waals surface area contributed by atoms with Crippen LogP contribution in [0, 0.1) is 0 Å². The van der Waals surface area contributed by atoms with E-state index in [1.165, 1.54) is 5.56 Å². The molecule has 0 radical (unpaired) electrons. The van der Waals surface area contributed by atoms with Crippen molar-refractivity contribution in [2.45, 2.75) is 6.42 Å². The zero-order valence-corrected chi connectivity index (χ0v) is 16.2. The van der Waals surface area contributed by atoms with Crippen molar-refractivity contribution in [1.29, 1.82) is 0 Å². The van der Waals surface area contributed by atoms with Gasteiger partial charge >= 0.3 is 0 Å². The Morgan fingerprint density at radius 1 is 0.897 bits per heavy atom. The van der Waals surface area contributed by atoms with Gasteiger partial charge in [-0.1, -0.05) is 30.3 Å². The summed E-state index contributed by atoms with van der Waals surface area (Å²) in [6.45, 7) is 5.06. The smallest absolute Gasteiger partial charge is 0.254 e. The quantitative estimate of drug-likeness (QED) is 0.526. The second-order valence-electron chi connectivity index (χ2n) is 7.27. The summed E-state index contributed by atoms with van der Waals surface area (Å²) in [5, 5.41) is 4.41. The molecule has 0 saturated carbocycles. The van der Waals surface area contributed by atoms with E-state index < -0.39 is 0 Å². The van der Waals surface area contributed by atoms with E-state index >= 15 is 0 Å². The van der Waals surface area contributed by atoms with E-state index in [9.17, 15) is 0 Å². The Kier molecular flexibility index (Phi) is 4.88. The molecule has 146 valence electrons. The SMILES string of the molecule is c1ccc(-c2cc(N3CCN(CCc4ccncc4)CC3)n3ncnc3n2)cc1. The first-order valence-electron chi connectivity index (χ1n) is 9.99. The molecule has 0 N–H and O–H groups in total. The van der Waals surface area contributed by atoms with E-state index in [1.807, 2.05) is 35.1 Å². The number of pyridine rings is 1. The molecule has 0 atom stereocenters. The Labute approximate surface area is 169 Å². The van der Waals surface area contributed by atoms with Crippen LogP contribution in [0.4, 0.5) is 5.82 Å². The Balaban J connectivity index is 1.32. The summed E-state index contributed by atoms with van der Waals surface area (Å²) in [5.41, 5.74) is 3.37. The highest BCUT2D eigenvalue weighted by atomic mass is 15.4. The van der Waals surface area contributed by atoms with Crippen LogP contribution in [0.5, 0.6) is 0 Å². The zero-order chi connectivity index (χ0) is 19.5. The van der Waals surface area contributed by atoms with Gasteiger partial charge in [-0.2, -0.15) is 14.6 Å². The number of rotatable bonds is 5. The van der Waals surface area contributed by atoms with Crippen molar-refractivity contribution in [2.75, 3.05) is 37.6 Å². The molecule has 3 aromatic heterocycles. The van der Waals surface area contributed by atoms with Gasteiger partial charge in [0.25, 0.3) is 5.78 Å². The second kappa shape index (κ2) is 7.97. The minimum Gasteiger partial charge on any atom is -0.354 e. The number of anilines is 1. The first kappa shape index (κ1) is 17.8. The molecule has 0 bridgehead atoms. The predicted molar refractivity (Wildman–Crippen MR) is 113 cm³/mol. The normalized spacial score (nSPS) is 15.1. The standard InChI is InChI=1S/C22H23N7/c1-2-4-19(5-3-1)20-16-21(29-22(26-20)24-17-25-29)28-14-12-27(13-15-28)11-8-18-6-9-23-10-7-18/h1-7,9-10,16-17H,8,11-15H2. The molecule has 0 aliphatic carbocycles. The summed E-state index contributed by atoms with van der Waals surface area (Å²) in [4.78, 5) is 18.0. The number of piperazine rings is 1. The minimum atomic E-state index is 0.640. The lowest BCUT2D eigenvalue weighted by atomic mass is 10.1. The van der Waals surface area contributed by atoms with E-state index in [2.05, 4.69) is 60.2 Å². The number of hydrogen-bond donors (Lipinski definition) is 0. The Bertz CT molecular complexity index is 1070. The van der Waals surface area contributed by atoms with Crippen molar-refractivity contribution >= 4 is 11.6 Å². The van der Waals surface area contributed by atoms with Crippen LogP contribution in [-0.2, 0) is 6.42 Å². The van der Waals surface area contributed by atoms with Crippen molar-refractivity contribution in [2.24, 2.45) is 0 Å². The molecular weight excluding hydrogens is 362 g/mol. The van der Waals surface area contributed by atoms with E-state index in [-0.39, 0.29) is 0 Å². The summed E-state index contributed by atoms with van der Waals surface area (Å²) >= 11 is 0. The molecule has 29 heavy (non-hydrogen) atoms. The average molecular weight is 385 g/mol. The van der Waals surface area contributed by atoms with Gasteiger partial charge in [0.2, 0.25) is 0 Å². The average Bonchev–Trinajstić information content (AvgIpc) is 3.28. The summed E-state index contributed by atoms with van der Waals surface area (Å²) < 4.78 is 1.85. The van der Waals surface area contributed by atoms with Gasteiger partial charge in [0.15, 0.2) is 0 Å². The Morgan fingerprint density at radius 3 is 2.48 bits per heavy atom. The van der Waals surface area contributed by atoms with Crippen LogP contribution in [0.25, 0.3) is 17.0 Å². The highest BCUT2D eigenvalue weighted by Gasteiger charge is 2.21. The van der Waals surface area contributed by atoms with E-state index in [4.69, 9.17) is 0 Å². The third kappa shape index (κ3) is 3.82. The summed E-state index contributed by atoms with van der Waals surface area (Å²) in [6, 6.07) is 16.6. The third-order valence-electron chi connectivity index (χ3n) is 5.46. The number of fused-ring (bicyclic) bond motifs is 1. The third-order valence-corrected chi connectivity index (χ3v) is 5.46. The van der Waals surface area contributed by atoms with Crippen molar-refractivity contribution in [3.8, 4) is 11.3 Å². The van der Waals surface area contributed by atoms with Crippen LogP contribution in [0.3, 0.4) is 0 Å². The topological polar surface area (TPSA) is 62.5 Å². The van der Waals surface area contributed by atoms with Crippen LogP contribution in [0.2, 0.25) is 0 Å². The molecule has 0 amide bonds. The van der Waals surface area contributed by atoms with Gasteiger partial charge in [0.05, 0.1) is 5.69 Å². The molecule has 1 aromatic carbocycles. The molecule has 5 rings (SSSR count). The molecule has 7 heteroatoms. The largest absolute Gasteiger partial charge is 0.354 e. The highest BCUT2D eigenvalue weighted by molar-refractivity contribution is 5.65. The van der Waals surface area contributed by atoms with Gasteiger partial charge in [-0.15, -0.1) is 0 Å². The van der Waals surface area contributed by atoms with Crippen LogP contribution < -0.4 is 4.90 Å². The lowest BCUT2D eigenvalue weighted by Gasteiger charge is -2.36. The second-order valence-corrected chi connectivity index (χ2v) is 7.27. The van der Waals surface area contributed by atoms with Gasteiger partial charge in [-0.25, -0.2) is 4.98 Å². The number of nitrogens with zero attached hydrogens (tertiary/aromatic N) is 7. The molecule has 7 nitrogen and oxygen atoms in total. The first-order valence-corrected chi connectivity index (χ1v) is 9.99. The highest BCUT2D eigenvalue weighted by Crippen LogP contribution is 2.24. The van der Waals surface area contributed by atoms with Gasteiger partial charge in [0, 0.05) is 56.7 Å². The minimum absolute atomic E-state index is 0.640. The van der Waals surface area contributed by atoms with Crippen LogP contribution >= 0.6 is 0 Å². The molecule has 1 fully saturated rings. The lowest BCUT2D eigenvalue weighted by molar-refractivity contribution is 0.260. The van der Waals surface area contributed by atoms with Crippen LogP contribution in [-0.4, -0.2) is 62.2 Å². The Morgan fingerprint density at radius 2 is 1.69 bits per heavy atom. The molecule has 4 heterocycles. The van der Waals surface area contributed by atoms with Gasteiger partial charge in [-0.3, -0.25) is 9.88 Å². The fraction of sp³-hybridized carbons (Fsp3) is 0.273. The Hall–Kier alpha value is -3.32. The first-order chi connectivity index (χ1) is 14.4. The maximum Gasteiger partial charge on any atom is 0.254 e. The fourth-order valence-corrected chi connectivity index (χ4v) is 3.82. The fourth-order valence-electron chi connectivity index (χ4n) is 3.82. The van der Waals surface area contributed by atoms with Gasteiger partial charge in [0.1, 0.15) is 12.1 Å². The number of hydrogen-bond acceptors (Lipinski definition) is 6. The maximum atomic E-state index is 4.69. The van der Waals surface area contributed by atoms with Crippen LogP contribution in [0.15, 0.2) is 67.3 Å². The molecule has 0 unspecified atom stereocenters. The van der Waals surface area contributed by atoms with E-state index in [1.54, 1.807) is 6.33 Å². The van der Waals surface area contributed by atoms with Crippen molar-refractivity contribution in [1.82, 2.24) is 29.5 Å². The molecule has 1 aliphatic heterocycles. The molecule has 1 saturated heterocycles. The number of aromatic nitrogens is 5. The predicted octanol–water partition coefficient (Wildman–Crippen LogP) is 2.55. The molecule has 4 aromatic rings. The molecule has 1 aliphatic rings. The summed E-state index contributed by atoms with van der Waals surface area (Å²) in [5.74, 6) is 1.70. The van der Waals surface area contributed by atoms with Crippen LogP contribution in [0.1, 0.15) is 5.56 Å². The maximum absolute atomic E-state index is 4.69. The van der Waals surface area contributed by atoms with Crippen molar-refractivity contribution < 1.29 is 0 Å². The van der Waals surface area contributed by atoms with Crippen molar-refractivity contribution in [3.05, 3.63) is 72.8 Å². The van der Waals surface area contributed by atoms with Gasteiger partial charge in [-0.05, 0) is 24.1 Å². The van der Waals surface area contributed by atoms with E-state index in [0.717, 1.165) is 56.2 Å². The number of benzene rings is 1. The lowest BCUT2D eigenvalue weighted by Crippen LogP contribution is -2.47. The zero-order valence-electron chi connectivity index (χ0n) is 16.2. The monoisotopic (exact) mass is 385 g/mol. The van der Waals surface area contributed by atoms with E-state index in [0.29, 0.717) is 5.78 Å². The summed E-state index contributed by atoms with van der Waals surface area (Å²) in [6.07, 6.45) is 6.36. The molecule has 0 spiro atoms. The van der Waals surface area contributed by atoms with Gasteiger partial charge < -0.3 is 4.90 Å². The molecular formula is C22H23N7.